The quantitative estimate of drug-likeness (QED) is 0.107. The van der Waals surface area contributed by atoms with Crippen molar-refractivity contribution >= 4 is 115 Å². The monoisotopic (exact) mass is 1030 g/mol. The van der Waals surface area contributed by atoms with Crippen LogP contribution in [0.15, 0.2) is 118 Å². The van der Waals surface area contributed by atoms with Crippen molar-refractivity contribution in [3.8, 4) is 0 Å². The number of thioether (sulfide) groups is 4. The fourth-order valence-electron chi connectivity index (χ4n) is 6.10. The zero-order chi connectivity index (χ0) is 35.3. The van der Waals surface area contributed by atoms with Crippen molar-refractivity contribution in [3.63, 3.8) is 0 Å². The van der Waals surface area contributed by atoms with Crippen molar-refractivity contribution in [1.82, 2.24) is 38.2 Å². The predicted octanol–water partition coefficient (Wildman–Crippen LogP) is -4.86. The number of carbonyl (C=O) groups is 4. The molecule has 306 valence electrons. The van der Waals surface area contributed by atoms with Crippen LogP contribution in [0.5, 0.6) is 0 Å². The van der Waals surface area contributed by atoms with Gasteiger partial charge in [-0.2, -0.15) is 0 Å². The van der Waals surface area contributed by atoms with E-state index in [4.69, 9.17) is 19.9 Å². The maximum absolute atomic E-state index is 14.2. The molecule has 5 heterocycles. The fraction of sp³-hybridized carbons (Fsp3) is 0.111. The van der Waals surface area contributed by atoms with Crippen LogP contribution in [0.4, 0.5) is 0 Å². The van der Waals surface area contributed by atoms with Gasteiger partial charge in [0.25, 0.3) is 0 Å². The molecule has 0 amide bonds. The Kier molecular flexibility index (Phi) is 17.9. The number of nitrogens with zero attached hydrogens (tertiary/aromatic N) is 8. The van der Waals surface area contributed by atoms with Crippen LogP contribution in [0.25, 0.3) is 44.1 Å². The van der Waals surface area contributed by atoms with Crippen LogP contribution in [0.3, 0.4) is 0 Å². The molecular formula is C36H24Cl4Cu2N8O4S4. The average Bonchev–Trinajstić information content (AvgIpc) is 3.93. The molecule has 58 heavy (non-hydrogen) atoms. The summed E-state index contributed by atoms with van der Waals surface area (Å²) in [5, 5.41) is 1.46. The molecule has 0 atom stereocenters. The first-order chi connectivity index (χ1) is 25.5. The SMILES string of the molecule is O=C1C(=O)n2c(nc3ccccc32)SCCSc2nc3ccccc3n2C(=O)C(=O)n2c(nc3ccccc32)SCCSc2nc3ccccc3n21.[Cl-].[Cl-].[Cl-].[Cl-].[Cu+2].[Cu+2]. The summed E-state index contributed by atoms with van der Waals surface area (Å²) in [7, 11) is 0. The van der Waals surface area contributed by atoms with E-state index in [9.17, 15) is 19.2 Å². The summed E-state index contributed by atoms with van der Waals surface area (Å²) in [4.78, 5) is 75.9. The van der Waals surface area contributed by atoms with Gasteiger partial charge in [0.1, 0.15) is 0 Å². The minimum absolute atomic E-state index is 0. The van der Waals surface area contributed by atoms with Crippen molar-refractivity contribution < 1.29 is 103 Å². The Labute approximate surface area is 393 Å². The van der Waals surface area contributed by atoms with Crippen LogP contribution in [-0.4, -0.2) is 84.8 Å². The Morgan fingerprint density at radius 1 is 0.345 bits per heavy atom. The van der Waals surface area contributed by atoms with Gasteiger partial charge >= 0.3 is 57.8 Å². The number of rotatable bonds is 0. The largest absolute Gasteiger partial charge is 2.00 e. The molecule has 0 fully saturated rings. The first-order valence-electron chi connectivity index (χ1n) is 16.1. The molecule has 0 spiro atoms. The van der Waals surface area contributed by atoms with Crippen LogP contribution in [0.1, 0.15) is 19.2 Å². The Bertz CT molecular complexity index is 2420. The predicted molar refractivity (Wildman–Crippen MR) is 204 cm³/mol. The average molecular weight is 1030 g/mol. The second-order valence-corrected chi connectivity index (χ2v) is 15.7. The summed E-state index contributed by atoms with van der Waals surface area (Å²) < 4.78 is 5.47. The molecule has 12 nitrogen and oxygen atoms in total. The Morgan fingerprint density at radius 3 is 0.741 bits per heavy atom. The molecule has 0 bridgehead atoms. The summed E-state index contributed by atoms with van der Waals surface area (Å²) in [5.74, 6) is -1.22. The fourth-order valence-corrected chi connectivity index (χ4v) is 10.1. The van der Waals surface area contributed by atoms with Crippen molar-refractivity contribution in [3.05, 3.63) is 97.1 Å². The third-order valence-electron chi connectivity index (χ3n) is 8.39. The van der Waals surface area contributed by atoms with Gasteiger partial charge < -0.3 is 49.6 Å². The van der Waals surface area contributed by atoms with Gasteiger partial charge in [0, 0.05) is 23.0 Å². The van der Waals surface area contributed by atoms with E-state index in [2.05, 4.69) is 0 Å². The smallest absolute Gasteiger partial charge is 1.00 e. The summed E-state index contributed by atoms with van der Waals surface area (Å²) in [5.41, 5.74) is 4.38. The van der Waals surface area contributed by atoms with Gasteiger partial charge in [-0.3, -0.25) is 19.2 Å². The number of halogens is 4. The Morgan fingerprint density at radius 2 is 0.534 bits per heavy atom. The number of hydrogen-bond acceptors (Lipinski definition) is 12. The molecule has 22 heteroatoms. The molecule has 0 aliphatic carbocycles. The van der Waals surface area contributed by atoms with Crippen LogP contribution in [0, 0.1) is 0 Å². The standard InChI is InChI=1S/C36H24N8O4S4.4ClH.2Cu/c45-29-30(46)42-26-14-6-2-10-22(26)38-34(42)51-19-20-52-36-40-24-12-4-8-16-28(24)44(36)32(48)31(47)43-27-15-7-3-11-23(27)39-35(43)50-18-17-49-33-37-21-9-1-5-13-25(21)41(29)33;;;;;;/h1-16H,17-20H2;4*1H;;/q;;;;;2*+2/p-4. The van der Waals surface area contributed by atoms with E-state index >= 15 is 0 Å². The van der Waals surface area contributed by atoms with Gasteiger partial charge in [0.2, 0.25) is 0 Å². The number of carbonyl (C=O) groups excluding carboxylic acids is 4. The second kappa shape index (κ2) is 21.0. The van der Waals surface area contributed by atoms with Gasteiger partial charge in [-0.25, -0.2) is 38.2 Å². The molecule has 2 radical (unpaired) electrons. The van der Waals surface area contributed by atoms with E-state index in [1.165, 1.54) is 65.3 Å². The first kappa shape index (κ1) is 49.4. The van der Waals surface area contributed by atoms with Gasteiger partial charge in [-0.15, -0.1) is 0 Å². The second-order valence-electron chi connectivity index (χ2n) is 11.5. The summed E-state index contributed by atoms with van der Waals surface area (Å²) in [6, 6.07) is 28.8. The van der Waals surface area contributed by atoms with E-state index in [0.717, 1.165) is 0 Å². The number of fused-ring (bicyclic) bond motifs is 12. The van der Waals surface area contributed by atoms with Crippen LogP contribution in [-0.2, 0) is 34.1 Å². The molecule has 0 saturated carbocycles. The van der Waals surface area contributed by atoms with Crippen LogP contribution in [0.2, 0.25) is 0 Å². The van der Waals surface area contributed by atoms with Crippen LogP contribution >= 0.6 is 47.0 Å². The number of imidazole rings is 4. The molecule has 9 rings (SSSR count). The van der Waals surface area contributed by atoms with E-state index < -0.39 is 23.6 Å². The van der Waals surface area contributed by atoms with Crippen LogP contribution < -0.4 is 49.6 Å². The molecule has 0 saturated heterocycles. The topological polar surface area (TPSA) is 140 Å². The van der Waals surface area contributed by atoms with Gasteiger partial charge in [0.15, 0.2) is 20.6 Å². The first-order valence-corrected chi connectivity index (χ1v) is 20.0. The van der Waals surface area contributed by atoms with Crippen molar-refractivity contribution in [2.75, 3.05) is 23.0 Å². The number of aromatic nitrogens is 8. The summed E-state index contributed by atoms with van der Waals surface area (Å²) >= 11 is 5.26. The zero-order valence-electron chi connectivity index (χ0n) is 29.0. The molecule has 1 aliphatic rings. The molecule has 0 unspecified atom stereocenters. The third-order valence-corrected chi connectivity index (χ3v) is 12.7. The van der Waals surface area contributed by atoms with Crippen molar-refractivity contribution in [1.29, 1.82) is 0 Å². The van der Waals surface area contributed by atoms with Gasteiger partial charge in [-0.1, -0.05) is 95.6 Å². The molecule has 0 N–H and O–H groups in total. The van der Waals surface area contributed by atoms with Gasteiger partial charge in [-0.05, 0) is 48.5 Å². The molecule has 8 aromatic rings. The third kappa shape index (κ3) is 8.90. The Hall–Kier alpha value is -2.96. The van der Waals surface area contributed by atoms with E-state index in [1.807, 2.05) is 24.3 Å². The molecular weight excluding hydrogens is 1010 g/mol. The Balaban J connectivity index is 0.00000150. The molecule has 1 aliphatic heterocycles. The number of benzene rings is 4. The maximum Gasteiger partial charge on any atom is 2.00 e. The van der Waals surface area contributed by atoms with Gasteiger partial charge in [0.05, 0.1) is 44.1 Å². The maximum atomic E-state index is 14.2. The normalized spacial score (nSPS) is 13.7. The van der Waals surface area contributed by atoms with Crippen molar-refractivity contribution in [2.45, 2.75) is 20.6 Å². The van der Waals surface area contributed by atoms with E-state index in [-0.39, 0.29) is 83.8 Å². The summed E-state index contributed by atoms with van der Waals surface area (Å²) in [6.07, 6.45) is 0. The van der Waals surface area contributed by atoms with E-state index in [1.54, 1.807) is 72.8 Å². The number of para-hydroxylation sites is 8. The molecule has 4 aromatic heterocycles. The minimum atomic E-state index is -0.753. The van der Waals surface area contributed by atoms with Crippen molar-refractivity contribution in [2.24, 2.45) is 0 Å². The zero-order valence-corrected chi connectivity index (χ0v) is 37.2. The minimum Gasteiger partial charge on any atom is -1.00 e. The number of hydrogen-bond donors (Lipinski definition) is 0. The molecule has 4 aromatic carbocycles. The van der Waals surface area contributed by atoms with E-state index in [0.29, 0.717) is 87.8 Å². The summed E-state index contributed by atoms with van der Waals surface area (Å²) in [6.45, 7) is 0.